The third-order valence-electron chi connectivity index (χ3n) is 2.77. The first-order valence-electron chi connectivity index (χ1n) is 5.39. The van der Waals surface area contributed by atoms with E-state index in [4.69, 9.17) is 4.52 Å². The third-order valence-corrected chi connectivity index (χ3v) is 2.77. The molecule has 0 amide bonds. The van der Waals surface area contributed by atoms with Crippen LogP contribution in [0.5, 0.6) is 5.75 Å². The van der Waals surface area contributed by atoms with Crippen LogP contribution in [0.3, 0.4) is 0 Å². The van der Waals surface area contributed by atoms with Gasteiger partial charge < -0.3 is 9.63 Å². The highest BCUT2D eigenvalue weighted by atomic mass is 16.5. The number of aromatic nitrogens is 1. The average Bonchev–Trinajstić information content (AvgIpc) is 2.73. The van der Waals surface area contributed by atoms with Crippen molar-refractivity contribution in [1.82, 2.24) is 5.16 Å². The lowest BCUT2D eigenvalue weighted by Gasteiger charge is -1.98. The zero-order valence-corrected chi connectivity index (χ0v) is 9.34. The molecule has 0 fully saturated rings. The molecule has 1 N–H and O–H groups in total. The minimum atomic E-state index is 0.217. The fourth-order valence-electron chi connectivity index (χ4n) is 1.84. The first kappa shape index (κ1) is 9.90. The molecule has 0 bridgehead atoms. The van der Waals surface area contributed by atoms with Gasteiger partial charge in [0.15, 0.2) is 5.76 Å². The maximum atomic E-state index is 9.49. The molecule has 2 aromatic carbocycles. The quantitative estimate of drug-likeness (QED) is 0.689. The van der Waals surface area contributed by atoms with E-state index in [-0.39, 0.29) is 5.75 Å². The molecule has 0 saturated heterocycles. The van der Waals surface area contributed by atoms with Gasteiger partial charge in [0.05, 0.1) is 5.39 Å². The molecule has 1 heterocycles. The Labute approximate surface area is 98.3 Å². The normalized spacial score (nSPS) is 10.9. The summed E-state index contributed by atoms with van der Waals surface area (Å²) in [6.45, 7) is 2.04. The number of hydrogen-bond acceptors (Lipinski definition) is 3. The number of rotatable bonds is 1. The predicted molar refractivity (Wildman–Crippen MR) is 65.8 cm³/mol. The SMILES string of the molecule is Cc1ccc(-c2onc3ccc(O)cc23)cc1. The van der Waals surface area contributed by atoms with Crippen molar-refractivity contribution in [2.45, 2.75) is 6.92 Å². The van der Waals surface area contributed by atoms with Crippen LogP contribution < -0.4 is 0 Å². The largest absolute Gasteiger partial charge is 0.508 e. The molecule has 0 unspecified atom stereocenters. The van der Waals surface area contributed by atoms with E-state index in [2.05, 4.69) is 5.16 Å². The lowest BCUT2D eigenvalue weighted by atomic mass is 10.1. The number of aromatic hydroxyl groups is 1. The Hall–Kier alpha value is -2.29. The van der Waals surface area contributed by atoms with Crippen molar-refractivity contribution in [3.63, 3.8) is 0 Å². The van der Waals surface area contributed by atoms with E-state index in [9.17, 15) is 5.11 Å². The summed E-state index contributed by atoms with van der Waals surface area (Å²) in [5.74, 6) is 0.907. The number of fused-ring (bicyclic) bond motifs is 1. The topological polar surface area (TPSA) is 46.3 Å². The summed E-state index contributed by atoms with van der Waals surface area (Å²) in [6.07, 6.45) is 0. The standard InChI is InChI=1S/C14H11NO2/c1-9-2-4-10(5-3-9)14-12-8-11(16)6-7-13(12)15-17-14/h2-8,16H,1H3. The third kappa shape index (κ3) is 1.65. The summed E-state index contributed by atoms with van der Waals surface area (Å²) >= 11 is 0. The second-order valence-electron chi connectivity index (χ2n) is 4.08. The molecule has 1 aromatic heterocycles. The Morgan fingerprint density at radius 1 is 1.06 bits per heavy atom. The van der Waals surface area contributed by atoms with E-state index in [0.29, 0.717) is 5.76 Å². The zero-order valence-electron chi connectivity index (χ0n) is 9.34. The van der Waals surface area contributed by atoms with Gasteiger partial charge in [-0.25, -0.2) is 0 Å². The van der Waals surface area contributed by atoms with E-state index in [1.807, 2.05) is 31.2 Å². The van der Waals surface area contributed by atoms with Gasteiger partial charge in [0.25, 0.3) is 0 Å². The van der Waals surface area contributed by atoms with E-state index in [1.54, 1.807) is 18.2 Å². The molecule has 0 aliphatic rings. The smallest absolute Gasteiger partial charge is 0.174 e. The van der Waals surface area contributed by atoms with E-state index in [0.717, 1.165) is 16.5 Å². The van der Waals surface area contributed by atoms with Crippen LogP contribution in [0.4, 0.5) is 0 Å². The molecular formula is C14H11NO2. The summed E-state index contributed by atoms with van der Waals surface area (Å²) in [5, 5.41) is 14.3. The number of phenolic OH excluding ortho intramolecular Hbond substituents is 1. The minimum Gasteiger partial charge on any atom is -0.508 e. The lowest BCUT2D eigenvalue weighted by molar-refractivity contribution is 0.441. The highest BCUT2D eigenvalue weighted by Crippen LogP contribution is 2.30. The van der Waals surface area contributed by atoms with Crippen LogP contribution in [0.1, 0.15) is 5.56 Å². The van der Waals surface area contributed by atoms with Gasteiger partial charge in [-0.2, -0.15) is 0 Å². The molecule has 0 aliphatic heterocycles. The summed E-state index contributed by atoms with van der Waals surface area (Å²) in [6, 6.07) is 13.0. The second-order valence-corrected chi connectivity index (χ2v) is 4.08. The van der Waals surface area contributed by atoms with Crippen LogP contribution in [0.15, 0.2) is 47.0 Å². The monoisotopic (exact) mass is 225 g/mol. The van der Waals surface area contributed by atoms with Gasteiger partial charge in [-0.05, 0) is 25.1 Å². The molecule has 0 aliphatic carbocycles. The molecule has 84 valence electrons. The zero-order chi connectivity index (χ0) is 11.8. The number of benzene rings is 2. The molecule has 3 aromatic rings. The fraction of sp³-hybridized carbons (Fsp3) is 0.0714. The molecule has 17 heavy (non-hydrogen) atoms. The van der Waals surface area contributed by atoms with E-state index in [1.165, 1.54) is 5.56 Å². The van der Waals surface area contributed by atoms with Gasteiger partial charge in [0, 0.05) is 5.56 Å². The molecule has 0 atom stereocenters. The molecule has 3 nitrogen and oxygen atoms in total. The average molecular weight is 225 g/mol. The van der Waals surface area contributed by atoms with E-state index >= 15 is 0 Å². The highest BCUT2D eigenvalue weighted by Gasteiger charge is 2.10. The molecule has 0 spiro atoms. The minimum absolute atomic E-state index is 0.217. The second kappa shape index (κ2) is 3.63. The number of nitrogens with zero attached hydrogens (tertiary/aromatic N) is 1. The lowest BCUT2D eigenvalue weighted by Crippen LogP contribution is -1.76. The van der Waals surface area contributed by atoms with Gasteiger partial charge in [-0.15, -0.1) is 0 Å². The summed E-state index contributed by atoms with van der Waals surface area (Å²) in [7, 11) is 0. The van der Waals surface area contributed by atoms with Crippen molar-refractivity contribution >= 4 is 10.9 Å². The summed E-state index contributed by atoms with van der Waals surface area (Å²) in [5.41, 5.74) is 2.91. The number of phenols is 1. The maximum absolute atomic E-state index is 9.49. The molecule has 3 rings (SSSR count). The van der Waals surface area contributed by atoms with Crippen LogP contribution in [-0.4, -0.2) is 10.3 Å². The molecule has 3 heteroatoms. The van der Waals surface area contributed by atoms with Gasteiger partial charge in [-0.1, -0.05) is 35.0 Å². The van der Waals surface area contributed by atoms with Crippen LogP contribution in [0.2, 0.25) is 0 Å². The highest BCUT2D eigenvalue weighted by molar-refractivity contribution is 5.92. The first-order chi connectivity index (χ1) is 8.24. The van der Waals surface area contributed by atoms with Crippen LogP contribution in [0, 0.1) is 6.92 Å². The van der Waals surface area contributed by atoms with Crippen LogP contribution in [0.25, 0.3) is 22.2 Å². The van der Waals surface area contributed by atoms with Crippen LogP contribution in [-0.2, 0) is 0 Å². The molecular weight excluding hydrogens is 214 g/mol. The molecule has 0 saturated carbocycles. The van der Waals surface area contributed by atoms with Crippen molar-refractivity contribution in [3.8, 4) is 17.1 Å². The summed E-state index contributed by atoms with van der Waals surface area (Å²) < 4.78 is 5.33. The Morgan fingerprint density at radius 3 is 2.59 bits per heavy atom. The predicted octanol–water partition coefficient (Wildman–Crippen LogP) is 3.51. The van der Waals surface area contributed by atoms with Crippen molar-refractivity contribution in [2.24, 2.45) is 0 Å². The molecule has 0 radical (unpaired) electrons. The van der Waals surface area contributed by atoms with Crippen molar-refractivity contribution in [3.05, 3.63) is 48.0 Å². The maximum Gasteiger partial charge on any atom is 0.174 e. The van der Waals surface area contributed by atoms with E-state index < -0.39 is 0 Å². The Kier molecular flexibility index (Phi) is 2.11. The Balaban J connectivity index is 2.23. The summed E-state index contributed by atoms with van der Waals surface area (Å²) in [4.78, 5) is 0. The van der Waals surface area contributed by atoms with Gasteiger partial charge in [0.2, 0.25) is 0 Å². The van der Waals surface area contributed by atoms with Crippen LogP contribution >= 0.6 is 0 Å². The first-order valence-corrected chi connectivity index (χ1v) is 5.39. The van der Waals surface area contributed by atoms with Crippen molar-refractivity contribution < 1.29 is 9.63 Å². The van der Waals surface area contributed by atoms with Gasteiger partial charge in [-0.3, -0.25) is 0 Å². The van der Waals surface area contributed by atoms with Crippen molar-refractivity contribution in [1.29, 1.82) is 0 Å². The Morgan fingerprint density at radius 2 is 1.82 bits per heavy atom. The van der Waals surface area contributed by atoms with Crippen molar-refractivity contribution in [2.75, 3.05) is 0 Å². The Bertz CT molecular complexity index is 668. The number of hydrogen-bond donors (Lipinski definition) is 1. The number of aryl methyl sites for hydroxylation is 1. The fourth-order valence-corrected chi connectivity index (χ4v) is 1.84. The van der Waals surface area contributed by atoms with Gasteiger partial charge >= 0.3 is 0 Å². The van der Waals surface area contributed by atoms with Gasteiger partial charge in [0.1, 0.15) is 11.3 Å².